The summed E-state index contributed by atoms with van der Waals surface area (Å²) in [6.07, 6.45) is 0.637. The van der Waals surface area contributed by atoms with Crippen LogP contribution in [0.15, 0.2) is 90.0 Å². The Balaban J connectivity index is 1.64. The molecule has 0 spiro atoms. The van der Waals surface area contributed by atoms with E-state index in [0.717, 1.165) is 11.3 Å². The van der Waals surface area contributed by atoms with Crippen molar-refractivity contribution in [2.75, 3.05) is 5.43 Å². The van der Waals surface area contributed by atoms with Gasteiger partial charge in [-0.2, -0.15) is 5.10 Å². The molecule has 0 amide bonds. The number of carboxylic acids is 1. The van der Waals surface area contributed by atoms with Gasteiger partial charge in [0.25, 0.3) is 0 Å². The minimum Gasteiger partial charge on any atom is -0.478 e. The van der Waals surface area contributed by atoms with Gasteiger partial charge in [0.2, 0.25) is 6.10 Å². The molecule has 0 aliphatic heterocycles. The molecule has 0 fully saturated rings. The summed E-state index contributed by atoms with van der Waals surface area (Å²) in [6, 6.07) is 25.6. The SMILES string of the molecule is O=C(O)C(Oc1ccc(C=NNc2ccccc2)cc1)c1ccccc1. The molecule has 1 atom stereocenters. The number of rotatable bonds is 7. The number of anilines is 1. The zero-order valence-corrected chi connectivity index (χ0v) is 13.9. The lowest BCUT2D eigenvalue weighted by atomic mass is 10.1. The van der Waals surface area contributed by atoms with E-state index in [4.69, 9.17) is 4.74 Å². The van der Waals surface area contributed by atoms with Gasteiger partial charge in [0.05, 0.1) is 11.9 Å². The van der Waals surface area contributed by atoms with Crippen molar-refractivity contribution in [2.24, 2.45) is 5.10 Å². The van der Waals surface area contributed by atoms with Crippen molar-refractivity contribution in [2.45, 2.75) is 6.10 Å². The van der Waals surface area contributed by atoms with Crippen LogP contribution in [-0.2, 0) is 4.79 Å². The van der Waals surface area contributed by atoms with Gasteiger partial charge in [0, 0.05) is 5.56 Å². The zero-order valence-electron chi connectivity index (χ0n) is 13.9. The average molecular weight is 346 g/mol. The molecule has 2 N–H and O–H groups in total. The summed E-state index contributed by atoms with van der Waals surface area (Å²) in [7, 11) is 0. The van der Waals surface area contributed by atoms with Gasteiger partial charge in [-0.3, -0.25) is 5.43 Å². The summed E-state index contributed by atoms with van der Waals surface area (Å²) < 4.78 is 5.63. The van der Waals surface area contributed by atoms with Crippen LogP contribution in [0.25, 0.3) is 0 Å². The summed E-state index contributed by atoms with van der Waals surface area (Å²) in [5.41, 5.74) is 5.30. The molecule has 5 nitrogen and oxygen atoms in total. The van der Waals surface area contributed by atoms with Crippen LogP contribution >= 0.6 is 0 Å². The highest BCUT2D eigenvalue weighted by Gasteiger charge is 2.21. The molecule has 0 bridgehead atoms. The van der Waals surface area contributed by atoms with E-state index in [1.54, 1.807) is 42.6 Å². The van der Waals surface area contributed by atoms with E-state index >= 15 is 0 Å². The molecule has 3 aromatic carbocycles. The van der Waals surface area contributed by atoms with Crippen LogP contribution in [0.2, 0.25) is 0 Å². The summed E-state index contributed by atoms with van der Waals surface area (Å²) in [5, 5.41) is 13.6. The third kappa shape index (κ3) is 4.70. The first-order chi connectivity index (χ1) is 12.7. The predicted molar refractivity (Wildman–Crippen MR) is 102 cm³/mol. The Morgan fingerprint density at radius 2 is 1.54 bits per heavy atom. The smallest absolute Gasteiger partial charge is 0.349 e. The van der Waals surface area contributed by atoms with Crippen LogP contribution in [0, 0.1) is 0 Å². The number of ether oxygens (including phenoxy) is 1. The number of aliphatic carboxylic acids is 1. The van der Waals surface area contributed by atoms with Crippen LogP contribution in [0.1, 0.15) is 17.2 Å². The van der Waals surface area contributed by atoms with Gasteiger partial charge in [-0.25, -0.2) is 4.79 Å². The van der Waals surface area contributed by atoms with Crippen LogP contribution in [0.4, 0.5) is 5.69 Å². The van der Waals surface area contributed by atoms with Gasteiger partial charge in [-0.05, 0) is 42.0 Å². The van der Waals surface area contributed by atoms with Crippen LogP contribution in [-0.4, -0.2) is 17.3 Å². The number of benzene rings is 3. The van der Waals surface area contributed by atoms with E-state index in [-0.39, 0.29) is 0 Å². The number of para-hydroxylation sites is 1. The van der Waals surface area contributed by atoms with Crippen molar-refractivity contribution in [3.63, 3.8) is 0 Å². The van der Waals surface area contributed by atoms with Crippen LogP contribution in [0.3, 0.4) is 0 Å². The molecule has 3 aromatic rings. The van der Waals surface area contributed by atoms with Crippen molar-refractivity contribution >= 4 is 17.9 Å². The average Bonchev–Trinajstić information content (AvgIpc) is 2.68. The number of hydrogen-bond donors (Lipinski definition) is 2. The Morgan fingerprint density at radius 3 is 2.15 bits per heavy atom. The molecule has 130 valence electrons. The molecule has 0 saturated carbocycles. The maximum absolute atomic E-state index is 11.5. The van der Waals surface area contributed by atoms with E-state index < -0.39 is 12.1 Å². The third-order valence-corrected chi connectivity index (χ3v) is 3.64. The monoisotopic (exact) mass is 346 g/mol. The first kappa shape index (κ1) is 17.2. The number of carbonyl (C=O) groups is 1. The number of hydrogen-bond acceptors (Lipinski definition) is 4. The Hall–Kier alpha value is -3.60. The highest BCUT2D eigenvalue weighted by Crippen LogP contribution is 2.22. The third-order valence-electron chi connectivity index (χ3n) is 3.64. The van der Waals surface area contributed by atoms with Gasteiger partial charge in [-0.15, -0.1) is 0 Å². The van der Waals surface area contributed by atoms with Crippen LogP contribution < -0.4 is 10.2 Å². The Morgan fingerprint density at radius 1 is 0.923 bits per heavy atom. The summed E-state index contributed by atoms with van der Waals surface area (Å²) in [6.45, 7) is 0. The maximum atomic E-state index is 11.5. The predicted octanol–water partition coefficient (Wildman–Crippen LogP) is 4.34. The van der Waals surface area contributed by atoms with Gasteiger partial charge < -0.3 is 9.84 Å². The first-order valence-corrected chi connectivity index (χ1v) is 8.11. The molecular weight excluding hydrogens is 328 g/mol. The quantitative estimate of drug-likeness (QED) is 0.493. The lowest BCUT2D eigenvalue weighted by Crippen LogP contribution is -2.18. The fraction of sp³-hybridized carbons (Fsp3) is 0.0476. The summed E-state index contributed by atoms with van der Waals surface area (Å²) in [4.78, 5) is 11.5. The standard InChI is InChI=1S/C21H18N2O3/c24-21(25)20(17-7-3-1-4-8-17)26-19-13-11-16(12-14-19)15-22-23-18-9-5-2-6-10-18/h1-15,20,23H,(H,24,25). The van der Waals surface area contributed by atoms with Crippen molar-refractivity contribution < 1.29 is 14.6 Å². The minimum atomic E-state index is -1.05. The normalized spacial score (nSPS) is 11.8. The highest BCUT2D eigenvalue weighted by atomic mass is 16.5. The molecule has 3 rings (SSSR count). The lowest BCUT2D eigenvalue weighted by molar-refractivity contribution is -0.145. The second kappa shape index (κ2) is 8.48. The Bertz CT molecular complexity index is 863. The number of hydrazone groups is 1. The Labute approximate surface area is 151 Å². The minimum absolute atomic E-state index is 0.481. The fourth-order valence-electron chi connectivity index (χ4n) is 2.35. The molecule has 5 heteroatoms. The van der Waals surface area contributed by atoms with Crippen molar-refractivity contribution in [3.05, 3.63) is 96.1 Å². The molecule has 0 saturated heterocycles. The zero-order chi connectivity index (χ0) is 18.2. The molecule has 1 unspecified atom stereocenters. The van der Waals surface area contributed by atoms with Crippen molar-refractivity contribution in [1.82, 2.24) is 0 Å². The number of carboxylic acid groups (broad SMARTS) is 1. The van der Waals surface area contributed by atoms with Crippen molar-refractivity contribution in [1.29, 1.82) is 0 Å². The second-order valence-corrected chi connectivity index (χ2v) is 5.55. The van der Waals surface area contributed by atoms with E-state index in [1.807, 2.05) is 48.5 Å². The van der Waals surface area contributed by atoms with Gasteiger partial charge in [0.15, 0.2) is 0 Å². The largest absolute Gasteiger partial charge is 0.478 e. The molecule has 26 heavy (non-hydrogen) atoms. The molecule has 0 aromatic heterocycles. The maximum Gasteiger partial charge on any atom is 0.349 e. The summed E-state index contributed by atoms with van der Waals surface area (Å²) >= 11 is 0. The number of nitrogens with zero attached hydrogens (tertiary/aromatic N) is 1. The second-order valence-electron chi connectivity index (χ2n) is 5.55. The fourth-order valence-corrected chi connectivity index (χ4v) is 2.35. The molecule has 0 heterocycles. The van der Waals surface area contributed by atoms with E-state index in [9.17, 15) is 9.90 Å². The van der Waals surface area contributed by atoms with Gasteiger partial charge in [0.1, 0.15) is 5.75 Å². The van der Waals surface area contributed by atoms with Crippen LogP contribution in [0.5, 0.6) is 5.75 Å². The molecule has 0 aliphatic rings. The highest BCUT2D eigenvalue weighted by molar-refractivity contribution is 5.80. The van der Waals surface area contributed by atoms with Gasteiger partial charge >= 0.3 is 5.97 Å². The van der Waals surface area contributed by atoms with E-state index in [1.165, 1.54) is 0 Å². The first-order valence-electron chi connectivity index (χ1n) is 8.11. The lowest BCUT2D eigenvalue weighted by Gasteiger charge is -2.15. The van der Waals surface area contributed by atoms with E-state index in [2.05, 4.69) is 10.5 Å². The Kier molecular flexibility index (Phi) is 5.62. The molecule has 0 radical (unpaired) electrons. The molecular formula is C21H18N2O3. The van der Waals surface area contributed by atoms with E-state index in [0.29, 0.717) is 11.3 Å². The molecule has 0 aliphatic carbocycles. The topological polar surface area (TPSA) is 70.9 Å². The van der Waals surface area contributed by atoms with Crippen molar-refractivity contribution in [3.8, 4) is 5.75 Å². The number of nitrogens with one attached hydrogen (secondary N) is 1. The summed E-state index contributed by atoms with van der Waals surface area (Å²) in [5.74, 6) is -0.552. The van der Waals surface area contributed by atoms with Gasteiger partial charge in [-0.1, -0.05) is 48.5 Å².